The second-order valence-corrected chi connectivity index (χ2v) is 15.5. The Kier molecular flexibility index (Phi) is 12.3. The molecule has 0 amide bonds. The van der Waals surface area contributed by atoms with Gasteiger partial charge in [0.2, 0.25) is 0 Å². The predicted octanol–water partition coefficient (Wildman–Crippen LogP) is 7.81. The molecule has 4 aromatic heterocycles. The lowest BCUT2D eigenvalue weighted by atomic mass is 9.95. The van der Waals surface area contributed by atoms with Gasteiger partial charge in [-0.05, 0) is 69.3 Å². The van der Waals surface area contributed by atoms with Gasteiger partial charge in [-0.25, -0.2) is 19.9 Å². The van der Waals surface area contributed by atoms with Gasteiger partial charge >= 0.3 is 0 Å². The smallest absolute Gasteiger partial charge is 0.150 e. The van der Waals surface area contributed by atoms with Gasteiger partial charge in [0.15, 0.2) is 11.6 Å². The fraction of sp³-hybridized carbons (Fsp3) is 0.435. The molecule has 0 N–H and O–H groups in total. The molecule has 0 saturated carbocycles. The first-order valence-electron chi connectivity index (χ1n) is 21.2. The molecule has 2 aromatic carbocycles. The molecule has 0 atom stereocenters. The van der Waals surface area contributed by atoms with E-state index in [2.05, 4.69) is 92.2 Å². The highest BCUT2D eigenvalue weighted by Crippen LogP contribution is 2.36. The van der Waals surface area contributed by atoms with E-state index in [-0.39, 0.29) is 0 Å². The Hall–Kier alpha value is -5.42. The van der Waals surface area contributed by atoms with Gasteiger partial charge in [-0.1, -0.05) is 63.1 Å². The first-order valence-corrected chi connectivity index (χ1v) is 21.2. The molecule has 4 fully saturated rings. The van der Waals surface area contributed by atoms with Crippen LogP contribution in [-0.2, 0) is 0 Å². The molecule has 10 rings (SSSR count). The monoisotopic (exact) mass is 763 g/mol. The third kappa shape index (κ3) is 8.78. The molecular formula is C46H57N11. The van der Waals surface area contributed by atoms with E-state index in [0.29, 0.717) is 11.8 Å². The van der Waals surface area contributed by atoms with Crippen molar-refractivity contribution in [3.8, 4) is 0 Å². The van der Waals surface area contributed by atoms with E-state index < -0.39 is 0 Å². The van der Waals surface area contributed by atoms with Gasteiger partial charge in [-0.3, -0.25) is 9.97 Å². The number of nitrogens with zero attached hydrogens (tertiary/aromatic N) is 11. The minimum atomic E-state index is 0.415. The molecule has 0 aliphatic carbocycles. The van der Waals surface area contributed by atoms with Crippen LogP contribution in [0.3, 0.4) is 0 Å². The van der Waals surface area contributed by atoms with E-state index in [1.807, 2.05) is 50.8 Å². The molecule has 0 unspecified atom stereocenters. The molecule has 4 saturated heterocycles. The number of anilines is 4. The molecule has 6 aromatic rings. The Labute approximate surface area is 337 Å². The number of rotatable bonds is 6. The van der Waals surface area contributed by atoms with E-state index in [4.69, 9.17) is 29.9 Å². The first-order chi connectivity index (χ1) is 28.2. The first kappa shape index (κ1) is 38.5. The van der Waals surface area contributed by atoms with Crippen LogP contribution in [0.1, 0.15) is 69.2 Å². The van der Waals surface area contributed by atoms with Crippen LogP contribution >= 0.6 is 0 Å². The lowest BCUT2D eigenvalue weighted by Gasteiger charge is -2.41. The maximum absolute atomic E-state index is 4.83. The van der Waals surface area contributed by atoms with Gasteiger partial charge in [-0.15, -0.1) is 0 Å². The number of hydrogen-bond acceptors (Lipinski definition) is 11. The lowest BCUT2D eigenvalue weighted by molar-refractivity contribution is 0.360. The van der Waals surface area contributed by atoms with Gasteiger partial charge in [0.05, 0.1) is 22.4 Å². The standard InChI is InChI=1S/C22H26N6.C22H25N5.C2H6/c1-26-11-4-12-27(14-13-26)22-21(23-9-10-24-22)18-15-28(16-18)20-8-7-17-5-2-3-6-19(17)25-20;1-2-6-14-26(13-5-1)22-21(23-11-12-24-22)18-15-27(16-18)20-10-9-17-7-3-4-8-19(17)25-20;1-2/h2-3,5-10,18H,4,11-16H2,1H3;3-4,7-12,18H,1-2,5-6,13-16H2;1-2H3. The number of benzene rings is 2. The predicted molar refractivity (Wildman–Crippen MR) is 234 cm³/mol. The molecule has 8 heterocycles. The summed E-state index contributed by atoms with van der Waals surface area (Å²) in [5.74, 6) is 5.15. The maximum Gasteiger partial charge on any atom is 0.150 e. The number of likely N-dealkylation sites (N-methyl/N-ethyl adjacent to an activating group) is 1. The molecule has 0 spiro atoms. The fourth-order valence-corrected chi connectivity index (χ4v) is 8.43. The van der Waals surface area contributed by atoms with Crippen LogP contribution in [0.15, 0.2) is 97.6 Å². The van der Waals surface area contributed by atoms with Crippen molar-refractivity contribution in [2.75, 3.05) is 92.1 Å². The summed E-state index contributed by atoms with van der Waals surface area (Å²) in [5.41, 5.74) is 4.42. The molecule has 11 nitrogen and oxygen atoms in total. The van der Waals surface area contributed by atoms with Crippen molar-refractivity contribution in [1.29, 1.82) is 0 Å². The van der Waals surface area contributed by atoms with Crippen molar-refractivity contribution in [2.45, 2.75) is 57.8 Å². The summed E-state index contributed by atoms with van der Waals surface area (Å²) in [5, 5.41) is 2.38. The summed E-state index contributed by atoms with van der Waals surface area (Å²) in [6.07, 6.45) is 13.7. The minimum Gasteiger partial charge on any atom is -0.355 e. The zero-order valence-electron chi connectivity index (χ0n) is 33.9. The van der Waals surface area contributed by atoms with Crippen LogP contribution < -0.4 is 19.6 Å². The molecule has 4 aliphatic rings. The van der Waals surface area contributed by atoms with Crippen molar-refractivity contribution >= 4 is 45.1 Å². The second-order valence-electron chi connectivity index (χ2n) is 15.5. The largest absolute Gasteiger partial charge is 0.355 e. The van der Waals surface area contributed by atoms with Gasteiger partial charge in [0, 0.05) is 106 Å². The highest BCUT2D eigenvalue weighted by molar-refractivity contribution is 5.81. The Morgan fingerprint density at radius 2 is 0.895 bits per heavy atom. The number of pyridine rings is 2. The van der Waals surface area contributed by atoms with E-state index in [9.17, 15) is 0 Å². The Bertz CT molecular complexity index is 2210. The van der Waals surface area contributed by atoms with Crippen LogP contribution in [0.25, 0.3) is 21.8 Å². The molecule has 4 aliphatic heterocycles. The average Bonchev–Trinajstić information content (AvgIpc) is 3.64. The fourth-order valence-electron chi connectivity index (χ4n) is 8.43. The zero-order chi connectivity index (χ0) is 39.0. The quantitative estimate of drug-likeness (QED) is 0.166. The highest BCUT2D eigenvalue weighted by Gasteiger charge is 2.35. The summed E-state index contributed by atoms with van der Waals surface area (Å²) >= 11 is 0. The zero-order valence-corrected chi connectivity index (χ0v) is 33.9. The number of para-hydroxylation sites is 2. The van der Waals surface area contributed by atoms with Crippen molar-refractivity contribution in [1.82, 2.24) is 34.8 Å². The summed E-state index contributed by atoms with van der Waals surface area (Å²) in [7, 11) is 2.20. The van der Waals surface area contributed by atoms with Gasteiger partial charge < -0.3 is 24.5 Å². The van der Waals surface area contributed by atoms with Crippen LogP contribution in [0.5, 0.6) is 0 Å². The van der Waals surface area contributed by atoms with Crippen LogP contribution in [0.4, 0.5) is 23.3 Å². The molecule has 0 bridgehead atoms. The van der Waals surface area contributed by atoms with Crippen molar-refractivity contribution in [2.24, 2.45) is 0 Å². The molecular weight excluding hydrogens is 707 g/mol. The van der Waals surface area contributed by atoms with E-state index >= 15 is 0 Å². The number of hydrogen-bond donors (Lipinski definition) is 0. The topological polar surface area (TPSA) is 93.5 Å². The summed E-state index contributed by atoms with van der Waals surface area (Å²) in [6, 6.07) is 25.2. The van der Waals surface area contributed by atoms with Gasteiger partial charge in [0.25, 0.3) is 0 Å². The maximum atomic E-state index is 4.83. The summed E-state index contributed by atoms with van der Waals surface area (Å²) in [6.45, 7) is 14.3. The Morgan fingerprint density at radius 1 is 0.439 bits per heavy atom. The molecule has 57 heavy (non-hydrogen) atoms. The van der Waals surface area contributed by atoms with Crippen LogP contribution in [0.2, 0.25) is 0 Å². The molecule has 11 heteroatoms. The highest BCUT2D eigenvalue weighted by atomic mass is 15.3. The summed E-state index contributed by atoms with van der Waals surface area (Å²) < 4.78 is 0. The van der Waals surface area contributed by atoms with Gasteiger partial charge in [-0.2, -0.15) is 0 Å². The van der Waals surface area contributed by atoms with Crippen LogP contribution in [0, 0.1) is 0 Å². The van der Waals surface area contributed by atoms with Gasteiger partial charge in [0.1, 0.15) is 11.6 Å². The van der Waals surface area contributed by atoms with E-state index in [1.165, 1.54) is 42.9 Å². The third-order valence-electron chi connectivity index (χ3n) is 11.7. The van der Waals surface area contributed by atoms with E-state index in [0.717, 1.165) is 111 Å². The molecule has 0 radical (unpaired) electrons. The van der Waals surface area contributed by atoms with Crippen molar-refractivity contribution in [3.63, 3.8) is 0 Å². The second kappa shape index (κ2) is 18.2. The SMILES string of the molecule is CC.CN1CCCN(c2nccnc2C2CN(c3ccc4ccccc4n3)C2)CC1.c1ccc2nc(N3CC(c4nccnc4N4CCCCCC4)C3)ccc2c1. The third-order valence-corrected chi connectivity index (χ3v) is 11.7. The Morgan fingerprint density at radius 3 is 1.42 bits per heavy atom. The normalized spacial score (nSPS) is 18.1. The number of aromatic nitrogens is 6. The number of fused-ring (bicyclic) bond motifs is 2. The average molecular weight is 764 g/mol. The van der Waals surface area contributed by atoms with Crippen molar-refractivity contribution in [3.05, 3.63) is 109 Å². The minimum absolute atomic E-state index is 0.415. The molecule has 296 valence electrons. The lowest BCUT2D eigenvalue weighted by Crippen LogP contribution is -2.46. The summed E-state index contributed by atoms with van der Waals surface area (Å²) in [4.78, 5) is 40.5. The van der Waals surface area contributed by atoms with Crippen molar-refractivity contribution < 1.29 is 0 Å². The van der Waals surface area contributed by atoms with Crippen LogP contribution in [-0.4, -0.2) is 107 Å². The Balaban J connectivity index is 0.000000153. The van der Waals surface area contributed by atoms with E-state index in [1.54, 1.807) is 0 Å².